The highest BCUT2D eigenvalue weighted by Gasteiger charge is 2.32. The maximum Gasteiger partial charge on any atom is 0.323 e. The number of nitrogens with one attached hydrogen (secondary N) is 1. The van der Waals surface area contributed by atoms with Gasteiger partial charge >= 0.3 is 5.97 Å². The van der Waals surface area contributed by atoms with Crippen LogP contribution in [-0.4, -0.2) is 33.4 Å². The third-order valence-corrected chi connectivity index (χ3v) is 4.35. The molecule has 1 atom stereocenters. The van der Waals surface area contributed by atoms with E-state index in [4.69, 9.17) is 11.6 Å². The van der Waals surface area contributed by atoms with E-state index >= 15 is 0 Å². The zero-order valence-corrected chi connectivity index (χ0v) is 14.3. The molecule has 0 radical (unpaired) electrons. The van der Waals surface area contributed by atoms with Gasteiger partial charge in [0, 0.05) is 12.2 Å². The second-order valence-corrected chi connectivity index (χ2v) is 7.11. The molecule has 1 aromatic heterocycles. The van der Waals surface area contributed by atoms with Gasteiger partial charge in [0.1, 0.15) is 5.54 Å². The SMILES string of the molecule is CC(C)NC(C)(CCCCSc1ccc(Cl)cn1)C(=O)O. The van der Waals surface area contributed by atoms with Crippen LogP contribution in [-0.2, 0) is 4.79 Å². The van der Waals surface area contributed by atoms with Gasteiger partial charge in [0.05, 0.1) is 10.0 Å². The standard InChI is InChI=1S/C15H23ClN2O2S/c1-11(2)18-15(3,14(19)20)8-4-5-9-21-13-7-6-12(16)10-17-13/h6-7,10-11,18H,4-5,8-9H2,1-3H3,(H,19,20). The Morgan fingerprint density at radius 3 is 2.71 bits per heavy atom. The van der Waals surface area contributed by atoms with Gasteiger partial charge in [0.25, 0.3) is 0 Å². The Bertz CT molecular complexity index is 453. The van der Waals surface area contributed by atoms with Crippen molar-refractivity contribution < 1.29 is 9.90 Å². The number of pyridine rings is 1. The van der Waals surface area contributed by atoms with E-state index in [0.29, 0.717) is 11.4 Å². The minimum atomic E-state index is -0.850. The largest absolute Gasteiger partial charge is 0.480 e. The normalized spacial score (nSPS) is 14.1. The molecule has 1 unspecified atom stereocenters. The minimum absolute atomic E-state index is 0.152. The fraction of sp³-hybridized carbons (Fsp3) is 0.600. The van der Waals surface area contributed by atoms with Gasteiger partial charge in [-0.05, 0) is 51.5 Å². The van der Waals surface area contributed by atoms with E-state index in [1.807, 2.05) is 26.0 Å². The Morgan fingerprint density at radius 1 is 1.48 bits per heavy atom. The number of thioether (sulfide) groups is 1. The first-order valence-corrected chi connectivity index (χ1v) is 8.45. The molecule has 0 aliphatic rings. The number of carbonyl (C=O) groups is 1. The Kier molecular flexibility index (Phi) is 7.49. The summed E-state index contributed by atoms with van der Waals surface area (Å²) in [6, 6.07) is 3.87. The molecule has 0 spiro atoms. The van der Waals surface area contributed by atoms with Gasteiger partial charge in [-0.1, -0.05) is 18.0 Å². The molecule has 0 saturated heterocycles. The van der Waals surface area contributed by atoms with Crippen molar-refractivity contribution in [3.63, 3.8) is 0 Å². The molecular formula is C15H23ClN2O2S. The first-order chi connectivity index (χ1) is 9.83. The molecule has 0 aliphatic carbocycles. The van der Waals surface area contributed by atoms with Gasteiger partial charge < -0.3 is 5.11 Å². The molecule has 6 heteroatoms. The second-order valence-electron chi connectivity index (χ2n) is 5.56. The van der Waals surface area contributed by atoms with Crippen molar-refractivity contribution in [1.29, 1.82) is 0 Å². The number of aliphatic carboxylic acids is 1. The number of unbranched alkanes of at least 4 members (excludes halogenated alkanes) is 1. The number of rotatable bonds is 9. The van der Waals surface area contributed by atoms with E-state index in [2.05, 4.69) is 10.3 Å². The zero-order valence-electron chi connectivity index (χ0n) is 12.7. The molecule has 0 aliphatic heterocycles. The van der Waals surface area contributed by atoms with Crippen LogP contribution < -0.4 is 5.32 Å². The van der Waals surface area contributed by atoms with E-state index < -0.39 is 11.5 Å². The summed E-state index contributed by atoms with van der Waals surface area (Å²) >= 11 is 7.45. The first-order valence-electron chi connectivity index (χ1n) is 7.09. The Labute approximate surface area is 135 Å². The average molecular weight is 331 g/mol. The molecule has 0 saturated carbocycles. The number of carboxylic acids is 1. The number of nitrogens with zero attached hydrogens (tertiary/aromatic N) is 1. The highest BCUT2D eigenvalue weighted by atomic mass is 35.5. The number of aromatic nitrogens is 1. The summed E-state index contributed by atoms with van der Waals surface area (Å²) in [5.74, 6) is 0.134. The smallest absolute Gasteiger partial charge is 0.323 e. The first kappa shape index (κ1) is 18.3. The fourth-order valence-corrected chi connectivity index (χ4v) is 3.04. The summed E-state index contributed by atoms with van der Waals surface area (Å²) in [5.41, 5.74) is -0.850. The molecule has 0 fully saturated rings. The number of hydrogen-bond donors (Lipinski definition) is 2. The molecule has 0 amide bonds. The second kappa shape index (κ2) is 8.61. The van der Waals surface area contributed by atoms with Crippen molar-refractivity contribution in [1.82, 2.24) is 10.3 Å². The van der Waals surface area contributed by atoms with Crippen molar-refractivity contribution in [2.45, 2.75) is 56.6 Å². The summed E-state index contributed by atoms with van der Waals surface area (Å²) in [4.78, 5) is 15.6. The van der Waals surface area contributed by atoms with Crippen molar-refractivity contribution >= 4 is 29.3 Å². The van der Waals surface area contributed by atoms with E-state index in [-0.39, 0.29) is 6.04 Å². The summed E-state index contributed by atoms with van der Waals surface area (Å²) in [7, 11) is 0. The summed E-state index contributed by atoms with van der Waals surface area (Å²) in [5, 5.41) is 14.1. The van der Waals surface area contributed by atoms with Crippen LogP contribution in [0.4, 0.5) is 0 Å². The highest BCUT2D eigenvalue weighted by Crippen LogP contribution is 2.21. The lowest BCUT2D eigenvalue weighted by molar-refractivity contribution is -0.144. The van der Waals surface area contributed by atoms with Gasteiger partial charge in [-0.3, -0.25) is 10.1 Å². The monoisotopic (exact) mass is 330 g/mol. The summed E-state index contributed by atoms with van der Waals surface area (Å²) in [6.45, 7) is 5.68. The third kappa shape index (κ3) is 6.68. The number of carboxylic acid groups (broad SMARTS) is 1. The molecule has 0 bridgehead atoms. The van der Waals surface area contributed by atoms with Gasteiger partial charge in [-0.2, -0.15) is 0 Å². The minimum Gasteiger partial charge on any atom is -0.480 e. The lowest BCUT2D eigenvalue weighted by Gasteiger charge is -2.28. The fourth-order valence-electron chi connectivity index (χ4n) is 2.08. The molecule has 4 nitrogen and oxygen atoms in total. The molecule has 1 rings (SSSR count). The molecular weight excluding hydrogens is 308 g/mol. The maximum atomic E-state index is 11.4. The van der Waals surface area contributed by atoms with Gasteiger partial charge in [0.2, 0.25) is 0 Å². The van der Waals surface area contributed by atoms with E-state index in [1.54, 1.807) is 24.9 Å². The van der Waals surface area contributed by atoms with Crippen LogP contribution in [0, 0.1) is 0 Å². The van der Waals surface area contributed by atoms with Crippen LogP contribution in [0.25, 0.3) is 0 Å². The van der Waals surface area contributed by atoms with Gasteiger partial charge in [-0.15, -0.1) is 11.8 Å². The van der Waals surface area contributed by atoms with Crippen molar-refractivity contribution in [2.24, 2.45) is 0 Å². The maximum absolute atomic E-state index is 11.4. The molecule has 118 valence electrons. The predicted octanol–water partition coefficient (Wildman–Crippen LogP) is 3.84. The average Bonchev–Trinajstić information content (AvgIpc) is 2.39. The van der Waals surface area contributed by atoms with Crippen molar-refractivity contribution in [3.05, 3.63) is 23.4 Å². The lowest BCUT2D eigenvalue weighted by atomic mass is 9.94. The molecule has 21 heavy (non-hydrogen) atoms. The summed E-state index contributed by atoms with van der Waals surface area (Å²) < 4.78 is 0. The van der Waals surface area contributed by atoms with Crippen LogP contribution in [0.3, 0.4) is 0 Å². The van der Waals surface area contributed by atoms with E-state index in [9.17, 15) is 9.90 Å². The predicted molar refractivity (Wildman–Crippen MR) is 88.1 cm³/mol. The highest BCUT2D eigenvalue weighted by molar-refractivity contribution is 7.99. The Morgan fingerprint density at radius 2 is 2.19 bits per heavy atom. The number of hydrogen-bond acceptors (Lipinski definition) is 4. The molecule has 1 heterocycles. The molecule has 2 N–H and O–H groups in total. The van der Waals surface area contributed by atoms with Gasteiger partial charge in [-0.25, -0.2) is 4.98 Å². The van der Waals surface area contributed by atoms with Crippen LogP contribution in [0.1, 0.15) is 40.0 Å². The quantitative estimate of drug-likeness (QED) is 0.532. The van der Waals surface area contributed by atoms with Gasteiger partial charge in [0.15, 0.2) is 0 Å². The van der Waals surface area contributed by atoms with Crippen LogP contribution >= 0.6 is 23.4 Å². The van der Waals surface area contributed by atoms with E-state index in [1.165, 1.54) is 0 Å². The van der Waals surface area contributed by atoms with E-state index in [0.717, 1.165) is 23.6 Å². The van der Waals surface area contributed by atoms with Crippen molar-refractivity contribution in [3.8, 4) is 0 Å². The van der Waals surface area contributed by atoms with Crippen LogP contribution in [0.15, 0.2) is 23.4 Å². The van der Waals surface area contributed by atoms with Crippen LogP contribution in [0.5, 0.6) is 0 Å². The number of halogens is 1. The lowest BCUT2D eigenvalue weighted by Crippen LogP contribution is -2.52. The molecule has 0 aromatic carbocycles. The molecule has 1 aromatic rings. The van der Waals surface area contributed by atoms with Crippen LogP contribution in [0.2, 0.25) is 5.02 Å². The Hall–Kier alpha value is -0.780. The van der Waals surface area contributed by atoms with Crippen molar-refractivity contribution in [2.75, 3.05) is 5.75 Å². The zero-order chi connectivity index (χ0) is 15.9. The Balaban J connectivity index is 2.31. The summed E-state index contributed by atoms with van der Waals surface area (Å²) in [6.07, 6.45) is 4.08. The topological polar surface area (TPSA) is 62.2 Å². The third-order valence-electron chi connectivity index (χ3n) is 3.10.